The van der Waals surface area contributed by atoms with Crippen LogP contribution >= 0.6 is 0 Å². The molecule has 0 aromatic heterocycles. The van der Waals surface area contributed by atoms with E-state index in [0.29, 0.717) is 18.5 Å². The second-order valence-corrected chi connectivity index (χ2v) is 5.44. The zero-order chi connectivity index (χ0) is 15.7. The Hall–Kier alpha value is -2.18. The summed E-state index contributed by atoms with van der Waals surface area (Å²) in [6.07, 6.45) is 1.88. The van der Waals surface area contributed by atoms with Crippen molar-refractivity contribution in [3.05, 3.63) is 33.6 Å². The average Bonchev–Trinajstić information content (AvgIpc) is 2.41. The number of nitro groups is 1. The molecular weight excluding hydrogens is 279 g/mol. The average molecular weight is 296 g/mol. The zero-order valence-corrected chi connectivity index (χ0v) is 11.9. The summed E-state index contributed by atoms with van der Waals surface area (Å²) < 4.78 is 13.7. The van der Waals surface area contributed by atoms with Crippen molar-refractivity contribution in [2.75, 3.05) is 11.4 Å². The van der Waals surface area contributed by atoms with Crippen LogP contribution in [0.15, 0.2) is 12.1 Å². The van der Waals surface area contributed by atoms with Gasteiger partial charge in [-0.15, -0.1) is 0 Å². The van der Waals surface area contributed by atoms with Crippen LogP contribution in [-0.2, 0) is 0 Å². The molecule has 1 fully saturated rings. The van der Waals surface area contributed by atoms with Crippen LogP contribution in [0.5, 0.6) is 0 Å². The molecule has 0 bridgehead atoms. The summed E-state index contributed by atoms with van der Waals surface area (Å²) in [6.45, 7) is 4.58. The molecule has 6 nitrogen and oxygen atoms in total. The highest BCUT2D eigenvalue weighted by molar-refractivity contribution is 5.90. The molecule has 0 spiro atoms. The van der Waals surface area contributed by atoms with Crippen molar-refractivity contribution in [1.29, 1.82) is 0 Å². The molecule has 1 aromatic carbocycles. The third kappa shape index (κ3) is 2.81. The molecule has 0 radical (unpaired) electrons. The molecule has 2 rings (SSSR count). The van der Waals surface area contributed by atoms with Gasteiger partial charge in [-0.25, -0.2) is 9.18 Å². The smallest absolute Gasteiger partial charge is 0.338 e. The molecule has 0 saturated carbocycles. The second kappa shape index (κ2) is 5.67. The summed E-state index contributed by atoms with van der Waals surface area (Å²) >= 11 is 0. The maximum Gasteiger partial charge on any atom is 0.338 e. The van der Waals surface area contributed by atoms with Gasteiger partial charge in [0.15, 0.2) is 0 Å². The summed E-state index contributed by atoms with van der Waals surface area (Å²) in [6, 6.07) is 1.80. The number of aromatic carboxylic acids is 1. The van der Waals surface area contributed by atoms with E-state index < -0.39 is 28.0 Å². The van der Waals surface area contributed by atoms with Crippen LogP contribution in [0.3, 0.4) is 0 Å². The van der Waals surface area contributed by atoms with E-state index in [1.165, 1.54) is 0 Å². The zero-order valence-electron chi connectivity index (χ0n) is 11.9. The lowest BCUT2D eigenvalue weighted by atomic mass is 9.91. The van der Waals surface area contributed by atoms with Gasteiger partial charge in [-0.05, 0) is 31.7 Å². The first-order valence-corrected chi connectivity index (χ1v) is 6.80. The second-order valence-electron chi connectivity index (χ2n) is 5.44. The monoisotopic (exact) mass is 296 g/mol. The van der Waals surface area contributed by atoms with Crippen LogP contribution in [0.4, 0.5) is 15.8 Å². The normalized spacial score (nSPS) is 22.1. The van der Waals surface area contributed by atoms with Crippen molar-refractivity contribution in [1.82, 2.24) is 0 Å². The van der Waals surface area contributed by atoms with Gasteiger partial charge >= 0.3 is 5.97 Å². The fraction of sp³-hybridized carbons (Fsp3) is 0.500. The van der Waals surface area contributed by atoms with Crippen molar-refractivity contribution in [3.63, 3.8) is 0 Å². The fourth-order valence-corrected chi connectivity index (χ4v) is 2.77. The van der Waals surface area contributed by atoms with Crippen LogP contribution in [0, 0.1) is 21.8 Å². The molecule has 1 heterocycles. The van der Waals surface area contributed by atoms with E-state index in [0.717, 1.165) is 18.9 Å². The number of hydrogen-bond acceptors (Lipinski definition) is 4. The Morgan fingerprint density at radius 1 is 1.48 bits per heavy atom. The molecule has 0 amide bonds. The Balaban J connectivity index is 2.56. The minimum atomic E-state index is -1.43. The molecule has 1 aliphatic heterocycles. The number of anilines is 1. The van der Waals surface area contributed by atoms with Gasteiger partial charge in [0, 0.05) is 12.6 Å². The number of benzene rings is 1. The maximum atomic E-state index is 13.7. The number of carbonyl (C=O) groups is 1. The molecule has 1 aliphatic rings. The van der Waals surface area contributed by atoms with Gasteiger partial charge in [-0.1, -0.05) is 6.92 Å². The van der Waals surface area contributed by atoms with Crippen LogP contribution in [0.1, 0.15) is 37.0 Å². The van der Waals surface area contributed by atoms with E-state index in [-0.39, 0.29) is 11.7 Å². The van der Waals surface area contributed by atoms with Gasteiger partial charge < -0.3 is 10.0 Å². The lowest BCUT2D eigenvalue weighted by Crippen LogP contribution is -2.42. The molecule has 2 unspecified atom stereocenters. The first kappa shape index (κ1) is 15.2. The van der Waals surface area contributed by atoms with E-state index >= 15 is 0 Å². The lowest BCUT2D eigenvalue weighted by Gasteiger charge is -2.39. The molecule has 1 aromatic rings. The highest BCUT2D eigenvalue weighted by Gasteiger charge is 2.31. The summed E-state index contributed by atoms with van der Waals surface area (Å²) in [5.41, 5.74) is -0.752. The minimum absolute atomic E-state index is 0.0320. The number of nitrogens with zero attached hydrogens (tertiary/aromatic N) is 2. The predicted octanol–water partition coefficient (Wildman–Crippen LogP) is 3.06. The largest absolute Gasteiger partial charge is 0.478 e. The number of halogens is 1. The van der Waals surface area contributed by atoms with E-state index in [2.05, 4.69) is 0 Å². The lowest BCUT2D eigenvalue weighted by molar-refractivity contribution is -0.384. The van der Waals surface area contributed by atoms with Crippen molar-refractivity contribution in [2.24, 2.45) is 5.92 Å². The summed E-state index contributed by atoms with van der Waals surface area (Å²) in [5.74, 6) is -2.19. The van der Waals surface area contributed by atoms with E-state index in [1.54, 1.807) is 4.90 Å². The Morgan fingerprint density at radius 3 is 2.71 bits per heavy atom. The first-order chi connectivity index (χ1) is 9.82. The van der Waals surface area contributed by atoms with Crippen LogP contribution < -0.4 is 4.90 Å². The molecule has 0 aliphatic carbocycles. The van der Waals surface area contributed by atoms with Gasteiger partial charge in [0.05, 0.1) is 16.6 Å². The molecule has 1 saturated heterocycles. The third-order valence-corrected chi connectivity index (χ3v) is 4.17. The topological polar surface area (TPSA) is 83.7 Å². The number of nitro benzene ring substituents is 1. The molecule has 2 atom stereocenters. The van der Waals surface area contributed by atoms with Crippen LogP contribution in [0.2, 0.25) is 0 Å². The van der Waals surface area contributed by atoms with Crippen molar-refractivity contribution in [3.8, 4) is 0 Å². The molecule has 7 heteroatoms. The van der Waals surface area contributed by atoms with Gasteiger partial charge in [-0.3, -0.25) is 10.1 Å². The minimum Gasteiger partial charge on any atom is -0.478 e. The summed E-state index contributed by atoms with van der Waals surface area (Å²) in [7, 11) is 0. The highest BCUT2D eigenvalue weighted by Crippen LogP contribution is 2.36. The predicted molar refractivity (Wildman–Crippen MR) is 75.2 cm³/mol. The van der Waals surface area contributed by atoms with E-state index in [9.17, 15) is 19.3 Å². The highest BCUT2D eigenvalue weighted by atomic mass is 19.1. The third-order valence-electron chi connectivity index (χ3n) is 4.17. The fourth-order valence-electron chi connectivity index (χ4n) is 2.77. The van der Waals surface area contributed by atoms with Crippen molar-refractivity contribution < 1.29 is 19.2 Å². The molecular formula is C14H17FN2O4. The SMILES string of the molecule is CC1CCCN(c2cc(C(=O)O)c(F)cc2[N+](=O)[O-])C1C. The number of carboxylic acids is 1. The van der Waals surface area contributed by atoms with Gasteiger partial charge in [0.1, 0.15) is 11.5 Å². The summed E-state index contributed by atoms with van der Waals surface area (Å²) in [5, 5.41) is 20.2. The standard InChI is InChI=1S/C14H17FN2O4/c1-8-4-3-5-16(9(8)2)12-6-10(14(18)19)11(15)7-13(12)17(20)21/h6-9H,3-5H2,1-2H3,(H,18,19). The Morgan fingerprint density at radius 2 is 2.14 bits per heavy atom. The van der Waals surface area contributed by atoms with Gasteiger partial charge in [-0.2, -0.15) is 0 Å². The Kier molecular flexibility index (Phi) is 4.11. The maximum absolute atomic E-state index is 13.7. The van der Waals surface area contributed by atoms with Gasteiger partial charge in [0.2, 0.25) is 0 Å². The van der Waals surface area contributed by atoms with Crippen LogP contribution in [-0.4, -0.2) is 28.6 Å². The van der Waals surface area contributed by atoms with E-state index in [4.69, 9.17) is 5.11 Å². The summed E-state index contributed by atoms with van der Waals surface area (Å²) in [4.78, 5) is 23.3. The van der Waals surface area contributed by atoms with Crippen molar-refractivity contribution in [2.45, 2.75) is 32.7 Å². The van der Waals surface area contributed by atoms with E-state index in [1.807, 2.05) is 13.8 Å². The molecule has 21 heavy (non-hydrogen) atoms. The molecule has 114 valence electrons. The first-order valence-electron chi connectivity index (χ1n) is 6.80. The Bertz CT molecular complexity index is 591. The number of carboxylic acid groups (broad SMARTS) is 1. The number of hydrogen-bond donors (Lipinski definition) is 1. The van der Waals surface area contributed by atoms with Gasteiger partial charge in [0.25, 0.3) is 5.69 Å². The number of piperidine rings is 1. The quantitative estimate of drug-likeness (QED) is 0.684. The Labute approximate surface area is 121 Å². The number of rotatable bonds is 3. The molecule has 1 N–H and O–H groups in total. The van der Waals surface area contributed by atoms with Crippen molar-refractivity contribution >= 4 is 17.3 Å². The van der Waals surface area contributed by atoms with Crippen LogP contribution in [0.25, 0.3) is 0 Å².